The maximum absolute atomic E-state index is 13.0. The Labute approximate surface area is 169 Å². The van der Waals surface area contributed by atoms with Crippen molar-refractivity contribution in [1.29, 1.82) is 0 Å². The molecule has 6 nitrogen and oxygen atoms in total. The number of rotatable bonds is 5. The molecule has 3 aromatic rings. The first-order valence-electron chi connectivity index (χ1n) is 9.86. The minimum Gasteiger partial charge on any atom is -0.507 e. The smallest absolute Gasteiger partial charge is 0.235 e. The first kappa shape index (κ1) is 19.3. The van der Waals surface area contributed by atoms with Crippen molar-refractivity contribution in [3.8, 4) is 23.0 Å². The Bertz CT molecular complexity index is 1070. The van der Waals surface area contributed by atoms with Crippen LogP contribution in [-0.4, -0.2) is 30.2 Å². The summed E-state index contributed by atoms with van der Waals surface area (Å²) in [6.07, 6.45) is 3.66. The van der Waals surface area contributed by atoms with Crippen LogP contribution in [0.15, 0.2) is 51.9 Å². The molecule has 152 valence electrons. The van der Waals surface area contributed by atoms with E-state index in [0.717, 1.165) is 19.5 Å². The van der Waals surface area contributed by atoms with Crippen LogP contribution < -0.4 is 14.9 Å². The van der Waals surface area contributed by atoms with Gasteiger partial charge in [0.1, 0.15) is 17.6 Å². The third-order valence-electron chi connectivity index (χ3n) is 5.40. The number of fused-ring (bicyclic) bond motifs is 1. The maximum Gasteiger partial charge on any atom is 0.235 e. The van der Waals surface area contributed by atoms with Gasteiger partial charge in [-0.3, -0.25) is 9.69 Å². The summed E-state index contributed by atoms with van der Waals surface area (Å²) in [7, 11) is 1.54. The van der Waals surface area contributed by atoms with Crippen LogP contribution in [0.1, 0.15) is 25.3 Å². The van der Waals surface area contributed by atoms with Gasteiger partial charge in [0.15, 0.2) is 11.5 Å². The molecule has 0 amide bonds. The average molecular weight is 395 g/mol. The Morgan fingerprint density at radius 3 is 2.72 bits per heavy atom. The van der Waals surface area contributed by atoms with Gasteiger partial charge in [-0.2, -0.15) is 0 Å². The fourth-order valence-corrected chi connectivity index (χ4v) is 3.93. The van der Waals surface area contributed by atoms with Crippen molar-refractivity contribution < 1.29 is 19.0 Å². The third kappa shape index (κ3) is 3.93. The number of phenolic OH excluding ortho intramolecular Hbond substituents is 1. The number of hydrogen-bond donors (Lipinski definition) is 1. The Balaban J connectivity index is 1.70. The monoisotopic (exact) mass is 395 g/mol. The van der Waals surface area contributed by atoms with E-state index >= 15 is 0 Å². The highest BCUT2D eigenvalue weighted by atomic mass is 16.5. The topological polar surface area (TPSA) is 72.1 Å². The molecule has 2 heterocycles. The molecular weight excluding hydrogens is 370 g/mol. The lowest BCUT2D eigenvalue weighted by Gasteiger charge is -2.31. The van der Waals surface area contributed by atoms with Crippen LogP contribution in [-0.2, 0) is 6.54 Å². The standard InChI is InChI=1S/C23H25NO5/c1-15-6-5-11-24(12-15)13-17-18(25)10-9-16-22(26)21(14-28-23(16)17)29-20-8-4-3-7-19(20)27-2/h3-4,7-10,14-15,25H,5-6,11-13H2,1-2H3/t15-/m0/s1. The second-order valence-electron chi connectivity index (χ2n) is 7.60. The van der Waals surface area contributed by atoms with Gasteiger partial charge in [-0.1, -0.05) is 19.1 Å². The van der Waals surface area contributed by atoms with E-state index in [1.54, 1.807) is 37.4 Å². The Morgan fingerprint density at radius 2 is 1.97 bits per heavy atom. The molecule has 29 heavy (non-hydrogen) atoms. The molecule has 0 unspecified atom stereocenters. The van der Waals surface area contributed by atoms with E-state index in [1.807, 2.05) is 6.07 Å². The second kappa shape index (κ2) is 8.17. The highest BCUT2D eigenvalue weighted by molar-refractivity contribution is 5.83. The van der Waals surface area contributed by atoms with E-state index in [-0.39, 0.29) is 16.9 Å². The lowest BCUT2D eigenvalue weighted by Crippen LogP contribution is -2.33. The van der Waals surface area contributed by atoms with Gasteiger partial charge < -0.3 is 19.0 Å². The summed E-state index contributed by atoms with van der Waals surface area (Å²) < 4.78 is 16.8. The van der Waals surface area contributed by atoms with Crippen molar-refractivity contribution in [2.75, 3.05) is 20.2 Å². The lowest BCUT2D eigenvalue weighted by molar-refractivity contribution is 0.175. The number of phenols is 1. The predicted octanol–water partition coefficient (Wildman–Crippen LogP) is 4.53. The van der Waals surface area contributed by atoms with Gasteiger partial charge >= 0.3 is 0 Å². The first-order valence-corrected chi connectivity index (χ1v) is 9.86. The minimum absolute atomic E-state index is 0.0743. The largest absolute Gasteiger partial charge is 0.507 e. The Hall–Kier alpha value is -2.99. The van der Waals surface area contributed by atoms with E-state index in [4.69, 9.17) is 13.9 Å². The normalized spacial score (nSPS) is 17.4. The van der Waals surface area contributed by atoms with E-state index in [1.165, 1.54) is 12.7 Å². The number of ether oxygens (including phenoxy) is 2. The molecule has 1 aromatic heterocycles. The Morgan fingerprint density at radius 1 is 1.17 bits per heavy atom. The fraction of sp³-hybridized carbons (Fsp3) is 0.348. The third-order valence-corrected chi connectivity index (χ3v) is 5.40. The van der Waals surface area contributed by atoms with Crippen LogP contribution in [0, 0.1) is 5.92 Å². The summed E-state index contributed by atoms with van der Waals surface area (Å²) in [5.41, 5.74) is 0.753. The van der Waals surface area contributed by atoms with Crippen LogP contribution in [0.5, 0.6) is 23.0 Å². The number of aromatic hydroxyl groups is 1. The zero-order valence-corrected chi connectivity index (χ0v) is 16.7. The number of para-hydroxylation sites is 2. The van der Waals surface area contributed by atoms with Crippen molar-refractivity contribution in [3.05, 3.63) is 58.4 Å². The SMILES string of the molecule is COc1ccccc1Oc1coc2c(CN3CCC[C@H](C)C3)c(O)ccc2c1=O. The number of methoxy groups -OCH3 is 1. The molecule has 1 aliphatic heterocycles. The number of nitrogens with zero attached hydrogens (tertiary/aromatic N) is 1. The van der Waals surface area contributed by atoms with E-state index < -0.39 is 0 Å². The zero-order valence-electron chi connectivity index (χ0n) is 16.7. The number of piperidine rings is 1. The van der Waals surface area contributed by atoms with Crippen LogP contribution in [0.25, 0.3) is 11.0 Å². The summed E-state index contributed by atoms with van der Waals surface area (Å²) in [5, 5.41) is 10.8. The molecule has 1 saturated heterocycles. The molecule has 4 rings (SSSR count). The molecule has 6 heteroatoms. The van der Waals surface area contributed by atoms with Gasteiger partial charge in [0, 0.05) is 13.1 Å². The second-order valence-corrected chi connectivity index (χ2v) is 7.60. The van der Waals surface area contributed by atoms with Crippen molar-refractivity contribution >= 4 is 11.0 Å². The van der Waals surface area contributed by atoms with Gasteiger partial charge in [0.05, 0.1) is 18.1 Å². The summed E-state index contributed by atoms with van der Waals surface area (Å²) >= 11 is 0. The number of likely N-dealkylation sites (tertiary alicyclic amines) is 1. The number of hydrogen-bond acceptors (Lipinski definition) is 6. The molecule has 0 saturated carbocycles. The van der Waals surface area contributed by atoms with Gasteiger partial charge in [-0.05, 0) is 49.6 Å². The highest BCUT2D eigenvalue weighted by Crippen LogP contribution is 2.33. The van der Waals surface area contributed by atoms with E-state index in [0.29, 0.717) is 40.5 Å². The highest BCUT2D eigenvalue weighted by Gasteiger charge is 2.21. The predicted molar refractivity (Wildman–Crippen MR) is 111 cm³/mol. The summed E-state index contributed by atoms with van der Waals surface area (Å²) in [4.78, 5) is 15.3. The average Bonchev–Trinajstić information content (AvgIpc) is 2.72. The first-order chi connectivity index (χ1) is 14.1. The maximum atomic E-state index is 13.0. The quantitative estimate of drug-likeness (QED) is 0.684. The van der Waals surface area contributed by atoms with E-state index in [9.17, 15) is 9.90 Å². The van der Waals surface area contributed by atoms with E-state index in [2.05, 4.69) is 11.8 Å². The lowest BCUT2D eigenvalue weighted by atomic mass is 9.99. The molecule has 1 N–H and O–H groups in total. The molecule has 1 fully saturated rings. The van der Waals surface area contributed by atoms with Crippen molar-refractivity contribution in [2.45, 2.75) is 26.3 Å². The van der Waals surface area contributed by atoms with Crippen molar-refractivity contribution in [1.82, 2.24) is 4.90 Å². The molecule has 2 aromatic carbocycles. The van der Waals surface area contributed by atoms with Crippen LogP contribution in [0.3, 0.4) is 0 Å². The van der Waals surface area contributed by atoms with Gasteiger partial charge in [0.25, 0.3) is 0 Å². The molecule has 0 radical (unpaired) electrons. The molecular formula is C23H25NO5. The summed E-state index contributed by atoms with van der Waals surface area (Å²) in [6, 6.07) is 10.2. The van der Waals surface area contributed by atoms with Crippen molar-refractivity contribution in [2.24, 2.45) is 5.92 Å². The van der Waals surface area contributed by atoms with Crippen LogP contribution >= 0.6 is 0 Å². The van der Waals surface area contributed by atoms with Crippen molar-refractivity contribution in [3.63, 3.8) is 0 Å². The van der Waals surface area contributed by atoms with Gasteiger partial charge in [-0.25, -0.2) is 0 Å². The number of benzene rings is 2. The fourth-order valence-electron chi connectivity index (χ4n) is 3.93. The summed E-state index contributed by atoms with van der Waals surface area (Å²) in [5.74, 6) is 1.79. The Kier molecular flexibility index (Phi) is 5.45. The minimum atomic E-state index is -0.287. The van der Waals surface area contributed by atoms with Crippen LogP contribution in [0.4, 0.5) is 0 Å². The molecule has 0 bridgehead atoms. The zero-order chi connectivity index (χ0) is 20.4. The molecule has 0 aliphatic carbocycles. The molecule has 0 spiro atoms. The summed E-state index contributed by atoms with van der Waals surface area (Å²) in [6.45, 7) is 4.72. The van der Waals surface area contributed by atoms with Crippen LogP contribution in [0.2, 0.25) is 0 Å². The molecule has 1 atom stereocenters. The van der Waals surface area contributed by atoms with Gasteiger partial charge in [0.2, 0.25) is 11.2 Å². The molecule has 1 aliphatic rings. The van der Waals surface area contributed by atoms with Gasteiger partial charge in [-0.15, -0.1) is 0 Å².